The zero-order valence-corrected chi connectivity index (χ0v) is 11.5. The Bertz CT molecular complexity index is 508. The predicted molar refractivity (Wildman–Crippen MR) is 70.5 cm³/mol. The zero-order valence-electron chi connectivity index (χ0n) is 11.5. The Hall–Kier alpha value is -1.96. The van der Waals surface area contributed by atoms with E-state index >= 15 is 0 Å². The van der Waals surface area contributed by atoms with Crippen LogP contribution in [0.25, 0.3) is 0 Å². The molecule has 8 nitrogen and oxygen atoms in total. The smallest absolute Gasteiger partial charge is 0.320 e. The Labute approximate surface area is 116 Å². The Morgan fingerprint density at radius 2 is 2.50 bits per heavy atom. The van der Waals surface area contributed by atoms with Crippen molar-refractivity contribution in [3.05, 3.63) is 22.0 Å². The molecule has 8 heteroatoms. The van der Waals surface area contributed by atoms with Crippen molar-refractivity contribution in [3.63, 3.8) is 0 Å². The van der Waals surface area contributed by atoms with Crippen molar-refractivity contribution in [2.75, 3.05) is 6.61 Å². The third-order valence-corrected chi connectivity index (χ3v) is 3.41. The number of carbonyl (C=O) groups is 1. The van der Waals surface area contributed by atoms with Crippen LogP contribution in [-0.2, 0) is 11.3 Å². The first-order valence-corrected chi connectivity index (χ1v) is 6.67. The monoisotopic (exact) mass is 282 g/mol. The van der Waals surface area contributed by atoms with Crippen LogP contribution in [0.15, 0.2) is 6.20 Å². The summed E-state index contributed by atoms with van der Waals surface area (Å²) >= 11 is 0. The summed E-state index contributed by atoms with van der Waals surface area (Å²) in [7, 11) is 0. The topological polar surface area (TPSA) is 99.3 Å². The average molecular weight is 282 g/mol. The van der Waals surface area contributed by atoms with Crippen molar-refractivity contribution >= 4 is 11.6 Å². The van der Waals surface area contributed by atoms with Gasteiger partial charge in [-0.3, -0.25) is 19.6 Å². The minimum atomic E-state index is -0.592. The summed E-state index contributed by atoms with van der Waals surface area (Å²) in [5.41, 5.74) is -0.286. The van der Waals surface area contributed by atoms with Crippen LogP contribution in [0.4, 0.5) is 5.69 Å². The number of nitrogens with zero attached hydrogens (tertiary/aromatic N) is 3. The summed E-state index contributed by atoms with van der Waals surface area (Å²) in [6.07, 6.45) is 2.93. The fourth-order valence-electron chi connectivity index (χ4n) is 2.35. The summed E-state index contributed by atoms with van der Waals surface area (Å²) in [6, 6.07) is -0.190. The van der Waals surface area contributed by atoms with Crippen LogP contribution in [0, 0.1) is 10.1 Å². The van der Waals surface area contributed by atoms with E-state index in [1.54, 1.807) is 6.92 Å². The van der Waals surface area contributed by atoms with E-state index in [4.69, 9.17) is 4.74 Å². The molecule has 1 aliphatic heterocycles. The van der Waals surface area contributed by atoms with E-state index < -0.39 is 10.8 Å². The second-order valence-corrected chi connectivity index (χ2v) is 4.76. The van der Waals surface area contributed by atoms with Crippen LogP contribution in [-0.4, -0.2) is 39.4 Å². The van der Waals surface area contributed by atoms with Crippen molar-refractivity contribution in [1.82, 2.24) is 15.1 Å². The van der Waals surface area contributed by atoms with Gasteiger partial charge in [0.25, 0.3) is 5.91 Å². The summed E-state index contributed by atoms with van der Waals surface area (Å²) in [5.74, 6) is -0.487. The van der Waals surface area contributed by atoms with Gasteiger partial charge in [0.15, 0.2) is 0 Å². The second kappa shape index (κ2) is 6.00. The van der Waals surface area contributed by atoms with Gasteiger partial charge in [0, 0.05) is 13.2 Å². The second-order valence-electron chi connectivity index (χ2n) is 4.76. The van der Waals surface area contributed by atoms with Gasteiger partial charge in [0.2, 0.25) is 5.69 Å². The molecule has 0 bridgehead atoms. The van der Waals surface area contributed by atoms with Crippen LogP contribution >= 0.6 is 0 Å². The lowest BCUT2D eigenvalue weighted by atomic mass is 10.1. The van der Waals surface area contributed by atoms with Crippen molar-refractivity contribution < 1.29 is 14.5 Å². The minimum absolute atomic E-state index is 0.0117. The predicted octanol–water partition coefficient (Wildman–Crippen LogP) is 1.11. The lowest BCUT2D eigenvalue weighted by molar-refractivity contribution is -0.385. The highest BCUT2D eigenvalue weighted by Gasteiger charge is 2.30. The number of rotatable bonds is 5. The molecule has 1 aromatic rings. The lowest BCUT2D eigenvalue weighted by Crippen LogP contribution is -2.41. The number of aromatic nitrogens is 2. The summed E-state index contributed by atoms with van der Waals surface area (Å²) in [5, 5.41) is 17.6. The number of hydrogen-bond acceptors (Lipinski definition) is 5. The molecule has 0 saturated carbocycles. The van der Waals surface area contributed by atoms with Gasteiger partial charge >= 0.3 is 5.69 Å². The number of nitrogens with one attached hydrogen (secondary N) is 1. The van der Waals surface area contributed by atoms with E-state index in [-0.39, 0.29) is 23.5 Å². The molecule has 1 amide bonds. The molecule has 110 valence electrons. The van der Waals surface area contributed by atoms with E-state index in [0.717, 1.165) is 19.0 Å². The molecule has 1 aliphatic rings. The molecule has 0 aliphatic carbocycles. The molecule has 0 unspecified atom stereocenters. The van der Waals surface area contributed by atoms with Gasteiger partial charge in [-0.25, -0.2) is 0 Å². The van der Waals surface area contributed by atoms with Crippen LogP contribution in [0.2, 0.25) is 0 Å². The van der Waals surface area contributed by atoms with Gasteiger partial charge < -0.3 is 10.1 Å². The van der Waals surface area contributed by atoms with Crippen LogP contribution < -0.4 is 5.32 Å². The Balaban J connectivity index is 2.15. The number of amides is 1. The molecule has 0 spiro atoms. The largest absolute Gasteiger partial charge is 0.376 e. The van der Waals surface area contributed by atoms with Gasteiger partial charge in [-0.2, -0.15) is 5.10 Å². The van der Waals surface area contributed by atoms with Crippen molar-refractivity contribution in [3.8, 4) is 0 Å². The Morgan fingerprint density at radius 1 is 1.75 bits per heavy atom. The van der Waals surface area contributed by atoms with Crippen LogP contribution in [0.1, 0.15) is 37.2 Å². The highest BCUT2D eigenvalue weighted by molar-refractivity contribution is 5.96. The maximum absolute atomic E-state index is 12.2. The quantitative estimate of drug-likeness (QED) is 0.644. The van der Waals surface area contributed by atoms with Crippen molar-refractivity contribution in [1.29, 1.82) is 0 Å². The van der Waals surface area contributed by atoms with Gasteiger partial charge in [-0.1, -0.05) is 0 Å². The van der Waals surface area contributed by atoms with E-state index in [0.29, 0.717) is 13.2 Å². The third kappa shape index (κ3) is 2.79. The van der Waals surface area contributed by atoms with Gasteiger partial charge in [-0.15, -0.1) is 0 Å². The standard InChI is InChI=1S/C12H18N4O4/c1-3-15-11(9(7-13-15)16(18)19)12(17)14-8(2)10-5-4-6-20-10/h7-8,10H,3-6H2,1-2H3,(H,14,17)/t8-,10-/m1/s1. The van der Waals surface area contributed by atoms with Gasteiger partial charge in [-0.05, 0) is 26.7 Å². The summed E-state index contributed by atoms with van der Waals surface area (Å²) in [4.78, 5) is 22.6. The minimum Gasteiger partial charge on any atom is -0.376 e. The number of aryl methyl sites for hydroxylation is 1. The number of nitro groups is 1. The normalized spacial score (nSPS) is 19.8. The highest BCUT2D eigenvalue weighted by atomic mass is 16.6. The maximum Gasteiger partial charge on any atom is 0.320 e. The van der Waals surface area contributed by atoms with Crippen LogP contribution in [0.5, 0.6) is 0 Å². The molecule has 2 atom stereocenters. The zero-order chi connectivity index (χ0) is 14.7. The highest BCUT2D eigenvalue weighted by Crippen LogP contribution is 2.19. The molecule has 1 fully saturated rings. The number of carbonyl (C=O) groups excluding carboxylic acids is 1. The maximum atomic E-state index is 12.2. The molecular weight excluding hydrogens is 264 g/mol. The Kier molecular flexibility index (Phi) is 4.33. The molecule has 20 heavy (non-hydrogen) atoms. The summed E-state index contributed by atoms with van der Waals surface area (Å²) < 4.78 is 6.83. The molecule has 1 N–H and O–H groups in total. The SMILES string of the molecule is CCn1ncc([N+](=O)[O-])c1C(=O)N[C@H](C)[C@H]1CCCO1. The fourth-order valence-corrected chi connectivity index (χ4v) is 2.35. The molecule has 1 saturated heterocycles. The van der Waals surface area contributed by atoms with Gasteiger partial charge in [0.1, 0.15) is 6.20 Å². The summed E-state index contributed by atoms with van der Waals surface area (Å²) in [6.45, 7) is 4.70. The molecule has 0 radical (unpaired) electrons. The van der Waals surface area contributed by atoms with Gasteiger partial charge in [0.05, 0.1) is 17.1 Å². The molecule has 2 rings (SSSR count). The first-order chi connectivity index (χ1) is 9.54. The molecule has 1 aromatic heterocycles. The third-order valence-electron chi connectivity index (χ3n) is 3.41. The van der Waals surface area contributed by atoms with E-state index in [1.165, 1.54) is 4.68 Å². The number of hydrogen-bond donors (Lipinski definition) is 1. The molecule has 2 heterocycles. The van der Waals surface area contributed by atoms with Crippen molar-refractivity contribution in [2.24, 2.45) is 0 Å². The average Bonchev–Trinajstić information content (AvgIpc) is 3.07. The van der Waals surface area contributed by atoms with E-state index in [9.17, 15) is 14.9 Å². The molecule has 0 aromatic carbocycles. The fraction of sp³-hybridized carbons (Fsp3) is 0.667. The number of ether oxygens (including phenoxy) is 1. The lowest BCUT2D eigenvalue weighted by Gasteiger charge is -2.19. The van der Waals surface area contributed by atoms with Crippen LogP contribution in [0.3, 0.4) is 0 Å². The van der Waals surface area contributed by atoms with E-state index in [1.807, 2.05) is 6.92 Å². The first kappa shape index (κ1) is 14.4. The van der Waals surface area contributed by atoms with E-state index in [2.05, 4.69) is 10.4 Å². The molecular formula is C12H18N4O4. The first-order valence-electron chi connectivity index (χ1n) is 6.67. The van der Waals surface area contributed by atoms with Crippen molar-refractivity contribution in [2.45, 2.75) is 45.4 Å². The Morgan fingerprint density at radius 3 is 3.05 bits per heavy atom.